The largest absolute Gasteiger partial charge is 0.485 e. The number of benzene rings is 2. The molecule has 2 saturated carbocycles. The van der Waals surface area contributed by atoms with Crippen molar-refractivity contribution in [2.45, 2.75) is 68.3 Å². The van der Waals surface area contributed by atoms with Gasteiger partial charge in [0.15, 0.2) is 11.5 Å². The van der Waals surface area contributed by atoms with Crippen LogP contribution < -0.4 is 9.47 Å². The van der Waals surface area contributed by atoms with Crippen LogP contribution in [-0.4, -0.2) is 52.6 Å². The summed E-state index contributed by atoms with van der Waals surface area (Å²) in [6, 6.07) is 14.6. The van der Waals surface area contributed by atoms with Gasteiger partial charge < -0.3 is 19.7 Å². The third-order valence-corrected chi connectivity index (χ3v) is 9.34. The molecule has 1 unspecified atom stereocenters. The molecule has 0 amide bonds. The summed E-state index contributed by atoms with van der Waals surface area (Å²) in [7, 11) is 0. The number of piperidine rings is 1. The predicted octanol–water partition coefficient (Wildman–Crippen LogP) is 3.44. The van der Waals surface area contributed by atoms with Crippen LogP contribution >= 0.6 is 0 Å². The molecule has 33 heavy (non-hydrogen) atoms. The van der Waals surface area contributed by atoms with E-state index in [1.54, 1.807) is 0 Å². The molecule has 2 heterocycles. The predicted molar refractivity (Wildman–Crippen MR) is 124 cm³/mol. The van der Waals surface area contributed by atoms with Crippen molar-refractivity contribution in [1.29, 1.82) is 0 Å². The highest BCUT2D eigenvalue weighted by molar-refractivity contribution is 5.62. The van der Waals surface area contributed by atoms with Crippen LogP contribution in [-0.2, 0) is 18.4 Å². The molecule has 2 N–H and O–H groups in total. The van der Waals surface area contributed by atoms with Gasteiger partial charge in [0.2, 0.25) is 0 Å². The highest BCUT2D eigenvalue weighted by Crippen LogP contribution is 2.66. The third kappa shape index (κ3) is 2.76. The van der Waals surface area contributed by atoms with Crippen LogP contribution in [0.25, 0.3) is 0 Å². The molecule has 5 heteroatoms. The van der Waals surface area contributed by atoms with Gasteiger partial charge in [-0.1, -0.05) is 36.4 Å². The van der Waals surface area contributed by atoms with E-state index in [-0.39, 0.29) is 24.7 Å². The Morgan fingerprint density at radius 2 is 1.91 bits per heavy atom. The molecule has 2 aromatic rings. The second kappa shape index (κ2) is 7.21. The summed E-state index contributed by atoms with van der Waals surface area (Å²) >= 11 is 0. The molecule has 0 aromatic heterocycles. The summed E-state index contributed by atoms with van der Waals surface area (Å²) < 4.78 is 13.0. The van der Waals surface area contributed by atoms with Crippen LogP contribution in [0.2, 0.25) is 0 Å². The number of aliphatic hydroxyl groups excluding tert-OH is 1. The summed E-state index contributed by atoms with van der Waals surface area (Å²) in [6.45, 7) is 2.69. The number of hydrogen-bond acceptors (Lipinski definition) is 5. The maximum absolute atomic E-state index is 12.5. The lowest BCUT2D eigenvalue weighted by Crippen LogP contribution is -2.76. The number of ether oxygens (including phenoxy) is 2. The number of rotatable bonds is 6. The van der Waals surface area contributed by atoms with Crippen LogP contribution in [0.1, 0.15) is 48.8 Å². The highest BCUT2D eigenvalue weighted by Gasteiger charge is 2.72. The SMILES string of the molecule is OC[C@H]1CCC2(O)[C@H]3Cc4ccc(OCc5ccccc5)c5c4[C@@]2(CCN3CC2CC2)[C@H]1O5. The quantitative estimate of drug-likeness (QED) is 0.710. The molecular weight excluding hydrogens is 414 g/mol. The lowest BCUT2D eigenvalue weighted by atomic mass is 9.47. The topological polar surface area (TPSA) is 62.2 Å². The van der Waals surface area contributed by atoms with E-state index in [9.17, 15) is 10.2 Å². The van der Waals surface area contributed by atoms with E-state index in [2.05, 4.69) is 29.2 Å². The van der Waals surface area contributed by atoms with Gasteiger partial charge in [0.05, 0.1) is 11.0 Å². The molecule has 0 radical (unpaired) electrons. The van der Waals surface area contributed by atoms with Gasteiger partial charge >= 0.3 is 0 Å². The molecule has 1 spiro atoms. The lowest BCUT2D eigenvalue weighted by Gasteiger charge is -2.64. The van der Waals surface area contributed by atoms with Crippen LogP contribution in [0.3, 0.4) is 0 Å². The van der Waals surface area contributed by atoms with Crippen molar-refractivity contribution in [1.82, 2.24) is 4.90 Å². The van der Waals surface area contributed by atoms with E-state index < -0.39 is 11.0 Å². The highest BCUT2D eigenvalue weighted by atomic mass is 16.5. The third-order valence-electron chi connectivity index (χ3n) is 9.34. The Labute approximate surface area is 195 Å². The van der Waals surface area contributed by atoms with Gasteiger partial charge in [-0.3, -0.25) is 4.90 Å². The van der Waals surface area contributed by atoms with Crippen LogP contribution in [0.5, 0.6) is 11.5 Å². The zero-order valence-corrected chi connectivity index (χ0v) is 19.1. The summed E-state index contributed by atoms with van der Waals surface area (Å²) in [5.41, 5.74) is 2.34. The number of hydrogen-bond donors (Lipinski definition) is 2. The summed E-state index contributed by atoms with van der Waals surface area (Å²) in [5, 5.41) is 22.7. The summed E-state index contributed by atoms with van der Waals surface area (Å²) in [4.78, 5) is 2.58. The second-order valence-corrected chi connectivity index (χ2v) is 11.0. The first-order valence-electron chi connectivity index (χ1n) is 12.7. The normalized spacial score (nSPS) is 36.2. The Morgan fingerprint density at radius 3 is 2.70 bits per heavy atom. The van der Waals surface area contributed by atoms with E-state index in [4.69, 9.17) is 9.47 Å². The summed E-state index contributed by atoms with van der Waals surface area (Å²) in [5.74, 6) is 2.43. The van der Waals surface area contributed by atoms with E-state index in [1.807, 2.05) is 18.2 Å². The number of nitrogens with zero attached hydrogens (tertiary/aromatic N) is 1. The van der Waals surface area contributed by atoms with Crippen LogP contribution in [0, 0.1) is 11.8 Å². The van der Waals surface area contributed by atoms with Gasteiger partial charge in [0, 0.05) is 30.7 Å². The van der Waals surface area contributed by atoms with Crippen molar-refractivity contribution in [3.63, 3.8) is 0 Å². The Bertz CT molecular complexity index is 1070. The van der Waals surface area contributed by atoms with Gasteiger partial charge in [0.1, 0.15) is 12.7 Å². The van der Waals surface area contributed by atoms with Gasteiger partial charge in [-0.25, -0.2) is 0 Å². The molecule has 7 rings (SSSR count). The average Bonchev–Trinajstić information content (AvgIpc) is 3.58. The first-order valence-corrected chi connectivity index (χ1v) is 12.7. The van der Waals surface area contributed by atoms with E-state index in [1.165, 1.54) is 24.0 Å². The van der Waals surface area contributed by atoms with Gasteiger partial charge in [0.25, 0.3) is 0 Å². The molecule has 2 aliphatic heterocycles. The van der Waals surface area contributed by atoms with Crippen molar-refractivity contribution in [2.75, 3.05) is 19.7 Å². The monoisotopic (exact) mass is 447 g/mol. The standard InChI is InChI=1S/C28H33NO4/c30-16-21-10-11-28(31)23-14-20-8-9-22(32-17-19-4-2-1-3-5-19)25-24(20)27(28,26(21)33-25)12-13-29(23)15-18-6-7-18/h1-5,8-9,18,21,23,26,30-31H,6-7,10-17H2/t21-,23-,26+,27+,28?/m1/s1. The first kappa shape index (κ1) is 20.3. The number of aliphatic hydroxyl groups is 2. The summed E-state index contributed by atoms with van der Waals surface area (Å²) in [6.07, 6.45) is 5.75. The van der Waals surface area contributed by atoms with Gasteiger partial charge in [-0.2, -0.15) is 0 Å². The van der Waals surface area contributed by atoms with E-state index >= 15 is 0 Å². The molecular formula is C28H33NO4. The fourth-order valence-electron chi connectivity index (χ4n) is 7.61. The maximum Gasteiger partial charge on any atom is 0.165 e. The smallest absolute Gasteiger partial charge is 0.165 e. The fraction of sp³-hybridized carbons (Fsp3) is 0.571. The lowest BCUT2D eigenvalue weighted by molar-refractivity contribution is -0.200. The average molecular weight is 448 g/mol. The number of likely N-dealkylation sites (tertiary alicyclic amines) is 1. The van der Waals surface area contributed by atoms with Gasteiger partial charge in [-0.15, -0.1) is 0 Å². The molecule has 5 atom stereocenters. The van der Waals surface area contributed by atoms with E-state index in [0.29, 0.717) is 6.61 Å². The molecule has 3 fully saturated rings. The van der Waals surface area contributed by atoms with Crippen LogP contribution in [0.15, 0.2) is 42.5 Å². The minimum Gasteiger partial charge on any atom is -0.485 e. The van der Waals surface area contributed by atoms with Gasteiger partial charge in [-0.05, 0) is 68.2 Å². The Kier molecular flexibility index (Phi) is 4.44. The molecule has 174 valence electrons. The molecule has 2 aromatic carbocycles. The zero-order valence-electron chi connectivity index (χ0n) is 19.1. The second-order valence-electron chi connectivity index (χ2n) is 11.0. The molecule has 3 aliphatic carbocycles. The molecule has 1 saturated heterocycles. The minimum atomic E-state index is -0.813. The minimum absolute atomic E-state index is 0.0428. The Morgan fingerprint density at radius 1 is 1.06 bits per heavy atom. The maximum atomic E-state index is 12.5. The fourth-order valence-corrected chi connectivity index (χ4v) is 7.61. The van der Waals surface area contributed by atoms with Crippen molar-refractivity contribution in [3.05, 3.63) is 59.2 Å². The van der Waals surface area contributed by atoms with Crippen molar-refractivity contribution in [3.8, 4) is 11.5 Å². The van der Waals surface area contributed by atoms with Crippen LogP contribution in [0.4, 0.5) is 0 Å². The van der Waals surface area contributed by atoms with Crippen molar-refractivity contribution in [2.24, 2.45) is 11.8 Å². The van der Waals surface area contributed by atoms with Crippen molar-refractivity contribution >= 4 is 0 Å². The first-order chi connectivity index (χ1) is 16.1. The molecule has 5 aliphatic rings. The molecule has 5 nitrogen and oxygen atoms in total. The Balaban J connectivity index is 1.32. The van der Waals surface area contributed by atoms with Crippen molar-refractivity contribution < 1.29 is 19.7 Å². The Hall–Kier alpha value is -2.08. The zero-order chi connectivity index (χ0) is 22.2. The van der Waals surface area contributed by atoms with E-state index in [0.717, 1.165) is 61.8 Å². The molecule has 2 bridgehead atoms.